The number of rotatable bonds is 4. The summed E-state index contributed by atoms with van der Waals surface area (Å²) in [5.74, 6) is 0. The summed E-state index contributed by atoms with van der Waals surface area (Å²) in [4.78, 5) is 1.20. The molecule has 0 saturated carbocycles. The Balaban J connectivity index is 1.63. The number of benzene rings is 2. The first-order chi connectivity index (χ1) is 11.4. The lowest BCUT2D eigenvalue weighted by Gasteiger charge is -2.14. The molecule has 1 aliphatic rings. The van der Waals surface area contributed by atoms with E-state index in [0.29, 0.717) is 0 Å². The highest BCUT2D eigenvalue weighted by molar-refractivity contribution is 8.03. The zero-order valence-corrected chi connectivity index (χ0v) is 14.0. The molecule has 3 rings (SSSR count). The van der Waals surface area contributed by atoms with Crippen molar-refractivity contribution in [1.82, 2.24) is 5.32 Å². The van der Waals surface area contributed by atoms with Crippen LogP contribution in [-0.4, -0.2) is 0 Å². The third kappa shape index (κ3) is 3.96. The number of allylic oxidation sites excluding steroid dienone is 2. The van der Waals surface area contributed by atoms with Crippen molar-refractivity contribution in [2.45, 2.75) is 31.3 Å². The third-order valence-corrected chi connectivity index (χ3v) is 5.30. The third-order valence-electron chi connectivity index (χ3n) is 4.07. The van der Waals surface area contributed by atoms with E-state index in [-0.39, 0.29) is 5.37 Å². The smallest absolute Gasteiger partial charge is 0.372 e. The molecule has 1 atom stereocenters. The highest BCUT2D eigenvalue weighted by atomic mass is 32.2. The van der Waals surface area contributed by atoms with Gasteiger partial charge in [0.15, 0.2) is 0 Å². The van der Waals surface area contributed by atoms with Crippen molar-refractivity contribution in [1.29, 1.82) is 0 Å². The second-order valence-electron chi connectivity index (χ2n) is 5.78. The van der Waals surface area contributed by atoms with Gasteiger partial charge < -0.3 is 5.32 Å². The van der Waals surface area contributed by atoms with Gasteiger partial charge in [-0.3, -0.25) is 0 Å². The molecule has 1 nitrogen and oxygen atoms in total. The molecule has 126 valence electrons. The van der Waals surface area contributed by atoms with Crippen LogP contribution in [0.2, 0.25) is 0 Å². The van der Waals surface area contributed by atoms with Crippen LogP contribution >= 0.6 is 11.8 Å². The molecule has 0 aliphatic carbocycles. The number of aryl methyl sites for hydroxylation is 1. The van der Waals surface area contributed by atoms with E-state index in [1.807, 2.05) is 18.2 Å². The molecule has 0 fully saturated rings. The molecule has 1 N–H and O–H groups in total. The fourth-order valence-corrected chi connectivity index (χ4v) is 3.85. The van der Waals surface area contributed by atoms with Gasteiger partial charge in [0.25, 0.3) is 0 Å². The van der Waals surface area contributed by atoms with Crippen molar-refractivity contribution >= 4 is 11.8 Å². The lowest BCUT2D eigenvalue weighted by Crippen LogP contribution is -2.14. The first-order valence-corrected chi connectivity index (χ1v) is 8.65. The minimum atomic E-state index is -4.29. The van der Waals surface area contributed by atoms with E-state index in [1.165, 1.54) is 16.2 Å². The normalized spacial score (nSPS) is 17.9. The summed E-state index contributed by atoms with van der Waals surface area (Å²) >= 11 is 1.66. The molecule has 0 saturated heterocycles. The predicted octanol–water partition coefficient (Wildman–Crippen LogP) is 5.90. The molecule has 2 aromatic rings. The van der Waals surface area contributed by atoms with E-state index in [9.17, 15) is 13.2 Å². The van der Waals surface area contributed by atoms with Gasteiger partial charge in [0.2, 0.25) is 0 Å². The van der Waals surface area contributed by atoms with Gasteiger partial charge >= 0.3 is 6.18 Å². The summed E-state index contributed by atoms with van der Waals surface area (Å²) < 4.78 is 38.0. The number of hydrogen-bond acceptors (Lipinski definition) is 2. The Morgan fingerprint density at radius 1 is 0.958 bits per heavy atom. The molecular weight excluding hydrogens is 331 g/mol. The SMILES string of the molecule is CC1=C(CCc2ccccc2)NC(c2ccc(C(F)(F)F)cc2)S1. The van der Waals surface area contributed by atoms with Crippen LogP contribution in [0.15, 0.2) is 65.2 Å². The molecule has 0 spiro atoms. The Morgan fingerprint density at radius 2 is 1.62 bits per heavy atom. The van der Waals surface area contributed by atoms with E-state index >= 15 is 0 Å². The second kappa shape index (κ2) is 6.93. The standard InChI is InChI=1S/C19H18F3NS/c1-13-17(12-7-14-5-3-2-4-6-14)23-18(24-13)15-8-10-16(11-9-15)19(20,21)22/h2-6,8-11,18,23H,7,12H2,1H3. The van der Waals surface area contributed by atoms with Crippen LogP contribution in [0.25, 0.3) is 0 Å². The number of alkyl halides is 3. The molecule has 2 aromatic carbocycles. The van der Waals surface area contributed by atoms with E-state index in [2.05, 4.69) is 24.4 Å². The maximum atomic E-state index is 12.7. The predicted molar refractivity (Wildman–Crippen MR) is 92.4 cm³/mol. The van der Waals surface area contributed by atoms with Crippen molar-refractivity contribution in [3.63, 3.8) is 0 Å². The molecule has 1 heterocycles. The number of halogens is 3. The van der Waals surface area contributed by atoms with Crippen LogP contribution in [-0.2, 0) is 12.6 Å². The lowest BCUT2D eigenvalue weighted by atomic mass is 10.1. The lowest BCUT2D eigenvalue weighted by molar-refractivity contribution is -0.137. The topological polar surface area (TPSA) is 12.0 Å². The number of nitrogens with one attached hydrogen (secondary N) is 1. The second-order valence-corrected chi connectivity index (χ2v) is 7.10. The Labute approximate surface area is 144 Å². The molecular formula is C19H18F3NS. The molecule has 0 radical (unpaired) electrons. The fraction of sp³-hybridized carbons (Fsp3) is 0.263. The summed E-state index contributed by atoms with van der Waals surface area (Å²) in [6, 6.07) is 15.7. The number of hydrogen-bond donors (Lipinski definition) is 1. The summed E-state index contributed by atoms with van der Waals surface area (Å²) in [6.45, 7) is 2.06. The van der Waals surface area contributed by atoms with E-state index in [1.54, 1.807) is 23.9 Å². The maximum Gasteiger partial charge on any atom is 0.416 e. The molecule has 0 bridgehead atoms. The van der Waals surface area contributed by atoms with Crippen LogP contribution in [0.4, 0.5) is 13.2 Å². The minimum absolute atomic E-state index is 0.0157. The van der Waals surface area contributed by atoms with Gasteiger partial charge in [-0.25, -0.2) is 0 Å². The average molecular weight is 349 g/mol. The quantitative estimate of drug-likeness (QED) is 0.737. The van der Waals surface area contributed by atoms with Gasteiger partial charge in [-0.15, -0.1) is 0 Å². The van der Waals surface area contributed by atoms with Gasteiger partial charge in [-0.05, 0) is 43.0 Å². The fourth-order valence-electron chi connectivity index (χ4n) is 2.70. The van der Waals surface area contributed by atoms with Crippen molar-refractivity contribution < 1.29 is 13.2 Å². The molecule has 1 aliphatic heterocycles. The zero-order valence-electron chi connectivity index (χ0n) is 13.2. The van der Waals surface area contributed by atoms with Crippen LogP contribution in [0.1, 0.15) is 35.4 Å². The van der Waals surface area contributed by atoms with E-state index in [0.717, 1.165) is 30.5 Å². The molecule has 24 heavy (non-hydrogen) atoms. The van der Waals surface area contributed by atoms with E-state index < -0.39 is 11.7 Å². The van der Waals surface area contributed by atoms with Crippen molar-refractivity contribution in [3.8, 4) is 0 Å². The highest BCUT2D eigenvalue weighted by Crippen LogP contribution is 2.41. The summed E-state index contributed by atoms with van der Waals surface area (Å²) in [7, 11) is 0. The minimum Gasteiger partial charge on any atom is -0.372 e. The van der Waals surface area contributed by atoms with Crippen LogP contribution in [0.5, 0.6) is 0 Å². The van der Waals surface area contributed by atoms with Crippen molar-refractivity contribution in [2.24, 2.45) is 0 Å². The molecule has 5 heteroatoms. The zero-order chi connectivity index (χ0) is 17.2. The Kier molecular flexibility index (Phi) is 4.90. The van der Waals surface area contributed by atoms with Crippen LogP contribution < -0.4 is 5.32 Å². The average Bonchev–Trinajstić information content (AvgIpc) is 2.94. The Morgan fingerprint density at radius 3 is 2.25 bits per heavy atom. The Bertz CT molecular complexity index is 721. The number of thioether (sulfide) groups is 1. The summed E-state index contributed by atoms with van der Waals surface area (Å²) in [6.07, 6.45) is -2.44. The monoisotopic (exact) mass is 349 g/mol. The van der Waals surface area contributed by atoms with Crippen LogP contribution in [0, 0.1) is 0 Å². The van der Waals surface area contributed by atoms with Gasteiger partial charge in [0.1, 0.15) is 5.37 Å². The molecule has 0 amide bonds. The first kappa shape index (κ1) is 17.0. The summed E-state index contributed by atoms with van der Waals surface area (Å²) in [5.41, 5.74) is 2.71. The molecule has 0 aromatic heterocycles. The Hall–Kier alpha value is -1.88. The summed E-state index contributed by atoms with van der Waals surface area (Å²) in [5, 5.41) is 3.43. The van der Waals surface area contributed by atoms with Gasteiger partial charge in [-0.1, -0.05) is 54.2 Å². The molecule has 1 unspecified atom stereocenters. The van der Waals surface area contributed by atoms with Gasteiger partial charge in [-0.2, -0.15) is 13.2 Å². The van der Waals surface area contributed by atoms with Gasteiger partial charge in [0, 0.05) is 10.6 Å². The van der Waals surface area contributed by atoms with Crippen molar-refractivity contribution in [2.75, 3.05) is 0 Å². The van der Waals surface area contributed by atoms with Crippen molar-refractivity contribution in [3.05, 3.63) is 81.9 Å². The maximum absolute atomic E-state index is 12.7. The first-order valence-electron chi connectivity index (χ1n) is 7.77. The van der Waals surface area contributed by atoms with Gasteiger partial charge in [0.05, 0.1) is 5.56 Å². The van der Waals surface area contributed by atoms with Crippen LogP contribution in [0.3, 0.4) is 0 Å². The largest absolute Gasteiger partial charge is 0.416 e. The highest BCUT2D eigenvalue weighted by Gasteiger charge is 2.31. The van der Waals surface area contributed by atoms with E-state index in [4.69, 9.17) is 0 Å².